The minimum absolute atomic E-state index is 0.122. The van der Waals surface area contributed by atoms with E-state index in [9.17, 15) is 27.5 Å². The molecule has 0 radical (unpaired) electrons. The van der Waals surface area contributed by atoms with Crippen molar-refractivity contribution in [2.45, 2.75) is 70.3 Å². The number of β-amino-alcohol motifs (C(OH)–C–C–N with tert-alkyl or cyclic N) is 1. The highest BCUT2D eigenvalue weighted by Gasteiger charge is 2.57. The SMILES string of the molecule is CC(=O)N1C(C)CN(CC(O)(CC(C)(C)c2cccc(F)c2)C(F)(F)F)CC1C. The Labute approximate surface area is 169 Å². The highest BCUT2D eigenvalue weighted by molar-refractivity contribution is 5.74. The van der Waals surface area contributed by atoms with E-state index < -0.39 is 36.0 Å². The third kappa shape index (κ3) is 5.28. The number of hydrogen-bond acceptors (Lipinski definition) is 3. The molecule has 3 atom stereocenters. The van der Waals surface area contributed by atoms with Crippen molar-refractivity contribution in [3.8, 4) is 0 Å². The van der Waals surface area contributed by atoms with Crippen LogP contribution in [0.15, 0.2) is 24.3 Å². The molecule has 2 rings (SSSR count). The van der Waals surface area contributed by atoms with Crippen molar-refractivity contribution in [1.82, 2.24) is 9.80 Å². The standard InChI is InChI=1S/C21H30F4N2O2/c1-14-10-26(11-15(2)27(14)16(3)28)13-20(29,21(23,24)25)12-19(4,5)17-7-6-8-18(22)9-17/h6-9,14-15,29H,10-13H2,1-5H3. The normalized spacial score (nSPS) is 23.7. The molecular weight excluding hydrogens is 388 g/mol. The van der Waals surface area contributed by atoms with Crippen molar-refractivity contribution in [2.75, 3.05) is 19.6 Å². The predicted octanol–water partition coefficient (Wildman–Crippen LogP) is 3.73. The quantitative estimate of drug-likeness (QED) is 0.742. The molecule has 0 spiro atoms. The van der Waals surface area contributed by atoms with E-state index in [0.29, 0.717) is 5.56 Å². The van der Waals surface area contributed by atoms with Gasteiger partial charge in [0.1, 0.15) is 5.82 Å². The molecule has 1 heterocycles. The van der Waals surface area contributed by atoms with Gasteiger partial charge >= 0.3 is 6.18 Å². The number of nitrogens with zero attached hydrogens (tertiary/aromatic N) is 2. The molecule has 1 amide bonds. The Hall–Kier alpha value is -1.67. The number of amides is 1. The van der Waals surface area contributed by atoms with Crippen molar-refractivity contribution in [3.05, 3.63) is 35.6 Å². The Balaban J connectivity index is 2.26. The zero-order valence-corrected chi connectivity index (χ0v) is 17.6. The maximum absolute atomic E-state index is 14.0. The van der Waals surface area contributed by atoms with Crippen LogP contribution in [0.25, 0.3) is 0 Å². The van der Waals surface area contributed by atoms with Crippen LogP contribution in [0.1, 0.15) is 46.6 Å². The lowest BCUT2D eigenvalue weighted by Crippen LogP contribution is -2.63. The van der Waals surface area contributed by atoms with E-state index in [0.717, 1.165) is 0 Å². The number of hydrogen-bond donors (Lipinski definition) is 1. The molecule has 1 aromatic rings. The van der Waals surface area contributed by atoms with Gasteiger partial charge in [0.05, 0.1) is 0 Å². The van der Waals surface area contributed by atoms with E-state index in [1.54, 1.807) is 43.6 Å². The molecule has 0 saturated carbocycles. The Morgan fingerprint density at radius 1 is 1.17 bits per heavy atom. The first-order chi connectivity index (χ1) is 13.2. The van der Waals surface area contributed by atoms with Gasteiger partial charge in [0.25, 0.3) is 0 Å². The lowest BCUT2D eigenvalue weighted by molar-refractivity contribution is -0.273. The maximum Gasteiger partial charge on any atom is 0.418 e. The first kappa shape index (κ1) is 23.6. The highest BCUT2D eigenvalue weighted by atomic mass is 19.4. The number of alkyl halides is 3. The van der Waals surface area contributed by atoms with Crippen LogP contribution in [0.5, 0.6) is 0 Å². The maximum atomic E-state index is 14.0. The predicted molar refractivity (Wildman–Crippen MR) is 103 cm³/mol. The van der Waals surface area contributed by atoms with Crippen LogP contribution in [-0.4, -0.2) is 64.3 Å². The molecular formula is C21H30F4N2O2. The van der Waals surface area contributed by atoms with Crippen LogP contribution >= 0.6 is 0 Å². The zero-order valence-electron chi connectivity index (χ0n) is 17.6. The van der Waals surface area contributed by atoms with Gasteiger partial charge in [-0.15, -0.1) is 0 Å². The van der Waals surface area contributed by atoms with Gasteiger partial charge in [-0.05, 0) is 43.4 Å². The molecule has 1 saturated heterocycles. The van der Waals surface area contributed by atoms with Gasteiger partial charge in [-0.2, -0.15) is 13.2 Å². The average Bonchev–Trinajstić information content (AvgIpc) is 2.52. The van der Waals surface area contributed by atoms with E-state index in [-0.39, 0.29) is 31.1 Å². The fraction of sp³-hybridized carbons (Fsp3) is 0.667. The first-order valence-electron chi connectivity index (χ1n) is 9.73. The van der Waals surface area contributed by atoms with Gasteiger partial charge in [-0.1, -0.05) is 26.0 Å². The number of rotatable bonds is 5. The Kier molecular flexibility index (Phi) is 6.69. The van der Waals surface area contributed by atoms with Crippen LogP contribution in [0, 0.1) is 5.82 Å². The summed E-state index contributed by atoms with van der Waals surface area (Å²) in [7, 11) is 0. The molecule has 164 valence electrons. The van der Waals surface area contributed by atoms with E-state index in [1.807, 2.05) is 0 Å². The summed E-state index contributed by atoms with van der Waals surface area (Å²) < 4.78 is 55.5. The number of halogens is 4. The molecule has 0 bridgehead atoms. The molecule has 1 N–H and O–H groups in total. The van der Waals surface area contributed by atoms with E-state index in [2.05, 4.69) is 0 Å². The van der Waals surface area contributed by atoms with Crippen LogP contribution < -0.4 is 0 Å². The van der Waals surface area contributed by atoms with E-state index >= 15 is 0 Å². The Morgan fingerprint density at radius 3 is 2.17 bits per heavy atom. The lowest BCUT2D eigenvalue weighted by atomic mass is 9.74. The van der Waals surface area contributed by atoms with Gasteiger partial charge < -0.3 is 10.0 Å². The van der Waals surface area contributed by atoms with Crippen LogP contribution in [-0.2, 0) is 10.2 Å². The fourth-order valence-electron chi connectivity index (χ4n) is 4.54. The Bertz CT molecular complexity index is 726. The van der Waals surface area contributed by atoms with Crippen molar-refractivity contribution >= 4 is 5.91 Å². The summed E-state index contributed by atoms with van der Waals surface area (Å²) >= 11 is 0. The number of aliphatic hydroxyl groups is 1. The second kappa shape index (κ2) is 8.22. The van der Waals surface area contributed by atoms with Crippen molar-refractivity contribution < 1.29 is 27.5 Å². The van der Waals surface area contributed by atoms with E-state index in [4.69, 9.17) is 0 Å². The van der Waals surface area contributed by atoms with Gasteiger partial charge in [0, 0.05) is 38.6 Å². The molecule has 0 aliphatic carbocycles. The Morgan fingerprint density at radius 2 is 1.72 bits per heavy atom. The zero-order chi connectivity index (χ0) is 22.2. The number of piperazine rings is 1. The summed E-state index contributed by atoms with van der Waals surface area (Å²) in [5.41, 5.74) is -3.69. The summed E-state index contributed by atoms with van der Waals surface area (Å²) in [4.78, 5) is 15.0. The molecule has 1 aliphatic rings. The number of benzene rings is 1. The number of carbonyl (C=O) groups excluding carboxylic acids is 1. The molecule has 8 heteroatoms. The minimum Gasteiger partial charge on any atom is -0.379 e. The lowest BCUT2D eigenvalue weighted by Gasteiger charge is -2.47. The largest absolute Gasteiger partial charge is 0.418 e. The summed E-state index contributed by atoms with van der Waals surface area (Å²) in [6, 6.07) is 4.92. The van der Waals surface area contributed by atoms with E-state index in [1.165, 1.54) is 25.1 Å². The summed E-state index contributed by atoms with van der Waals surface area (Å²) in [5, 5.41) is 10.8. The highest BCUT2D eigenvalue weighted by Crippen LogP contribution is 2.42. The average molecular weight is 418 g/mol. The third-order valence-corrected chi connectivity index (χ3v) is 5.71. The fourth-order valence-corrected chi connectivity index (χ4v) is 4.54. The first-order valence-corrected chi connectivity index (χ1v) is 9.73. The monoisotopic (exact) mass is 418 g/mol. The molecule has 1 aromatic carbocycles. The van der Waals surface area contributed by atoms with Gasteiger partial charge in [0.15, 0.2) is 5.60 Å². The van der Waals surface area contributed by atoms with Gasteiger partial charge in [-0.3, -0.25) is 9.69 Å². The summed E-state index contributed by atoms with van der Waals surface area (Å²) in [6.45, 7) is 8.02. The second-order valence-corrected chi connectivity index (χ2v) is 8.92. The van der Waals surface area contributed by atoms with Crippen LogP contribution in [0.4, 0.5) is 17.6 Å². The van der Waals surface area contributed by atoms with Crippen molar-refractivity contribution in [2.24, 2.45) is 0 Å². The topological polar surface area (TPSA) is 43.8 Å². The van der Waals surface area contributed by atoms with Crippen molar-refractivity contribution in [1.29, 1.82) is 0 Å². The molecule has 1 aliphatic heterocycles. The summed E-state index contributed by atoms with van der Waals surface area (Å²) in [6.07, 6.45) is -5.47. The molecule has 3 unspecified atom stereocenters. The summed E-state index contributed by atoms with van der Waals surface area (Å²) in [5.74, 6) is -0.655. The van der Waals surface area contributed by atoms with Gasteiger partial charge in [-0.25, -0.2) is 4.39 Å². The third-order valence-electron chi connectivity index (χ3n) is 5.71. The molecule has 29 heavy (non-hydrogen) atoms. The van der Waals surface area contributed by atoms with Crippen LogP contribution in [0.3, 0.4) is 0 Å². The van der Waals surface area contributed by atoms with Crippen molar-refractivity contribution in [3.63, 3.8) is 0 Å². The smallest absolute Gasteiger partial charge is 0.379 e. The number of carbonyl (C=O) groups is 1. The minimum atomic E-state index is -4.86. The molecule has 0 aromatic heterocycles. The van der Waals surface area contributed by atoms with Gasteiger partial charge in [0.2, 0.25) is 5.91 Å². The molecule has 1 fully saturated rings. The molecule has 4 nitrogen and oxygen atoms in total. The second-order valence-electron chi connectivity index (χ2n) is 8.92. The van der Waals surface area contributed by atoms with Crippen LogP contribution in [0.2, 0.25) is 0 Å².